The summed E-state index contributed by atoms with van der Waals surface area (Å²) in [5, 5.41) is 1.05. The van der Waals surface area contributed by atoms with Crippen LogP contribution in [-0.2, 0) is 5.75 Å². The van der Waals surface area contributed by atoms with Crippen LogP contribution >= 0.6 is 11.8 Å². The van der Waals surface area contributed by atoms with Crippen molar-refractivity contribution in [2.75, 3.05) is 0 Å². The number of hydrogen-bond donors (Lipinski definition) is 0. The van der Waals surface area contributed by atoms with E-state index in [1.807, 2.05) is 18.3 Å². The molecule has 18 heavy (non-hydrogen) atoms. The van der Waals surface area contributed by atoms with Crippen LogP contribution in [0.1, 0.15) is 11.1 Å². The molecule has 0 unspecified atom stereocenters. The molecule has 3 rings (SSSR count). The van der Waals surface area contributed by atoms with Crippen molar-refractivity contribution in [2.24, 2.45) is 0 Å². The van der Waals surface area contributed by atoms with E-state index >= 15 is 0 Å². The number of aromatic nitrogens is 2. The van der Waals surface area contributed by atoms with E-state index in [4.69, 9.17) is 0 Å². The van der Waals surface area contributed by atoms with Crippen molar-refractivity contribution in [3.8, 4) is 0 Å². The highest BCUT2D eigenvalue weighted by atomic mass is 32.2. The van der Waals surface area contributed by atoms with E-state index in [0.717, 1.165) is 16.4 Å². The minimum atomic E-state index is 0.953. The van der Waals surface area contributed by atoms with Crippen molar-refractivity contribution >= 4 is 17.3 Å². The Balaban J connectivity index is 1.79. The molecule has 2 nitrogen and oxygen atoms in total. The first-order valence-electron chi connectivity index (χ1n) is 5.93. The Bertz CT molecular complexity index is 656. The molecular weight excluding hydrogens is 240 g/mol. The zero-order chi connectivity index (χ0) is 12.4. The van der Waals surface area contributed by atoms with E-state index in [-0.39, 0.29) is 0 Å². The summed E-state index contributed by atoms with van der Waals surface area (Å²) in [5.41, 5.74) is 3.78. The molecule has 0 radical (unpaired) electrons. The van der Waals surface area contributed by atoms with Gasteiger partial charge < -0.3 is 0 Å². The molecule has 0 amide bonds. The lowest BCUT2D eigenvalue weighted by Gasteiger charge is -2.02. The van der Waals surface area contributed by atoms with Crippen LogP contribution in [-0.4, -0.2) is 9.38 Å². The van der Waals surface area contributed by atoms with Crippen LogP contribution in [0, 0.1) is 6.92 Å². The van der Waals surface area contributed by atoms with Gasteiger partial charge in [0.1, 0.15) is 0 Å². The van der Waals surface area contributed by atoms with Gasteiger partial charge in [0.2, 0.25) is 0 Å². The summed E-state index contributed by atoms with van der Waals surface area (Å²) in [5.74, 6) is 0.953. The highest BCUT2D eigenvalue weighted by Crippen LogP contribution is 2.22. The van der Waals surface area contributed by atoms with Gasteiger partial charge >= 0.3 is 0 Å². The van der Waals surface area contributed by atoms with Crippen LogP contribution in [0.3, 0.4) is 0 Å². The number of benzene rings is 1. The Hall–Kier alpha value is -1.74. The van der Waals surface area contributed by atoms with Gasteiger partial charge in [-0.05, 0) is 24.6 Å². The largest absolute Gasteiger partial charge is 0.295 e. The van der Waals surface area contributed by atoms with Gasteiger partial charge in [-0.15, -0.1) is 0 Å². The predicted octanol–water partition coefficient (Wildman–Crippen LogP) is 3.94. The standard InChI is InChI=1S/C15H14N2S/c1-12-5-7-13(8-6-12)11-18-15-16-10-14-4-2-3-9-17(14)15/h2-10H,11H2,1H3. The van der Waals surface area contributed by atoms with Gasteiger partial charge in [-0.1, -0.05) is 47.7 Å². The number of fused-ring (bicyclic) bond motifs is 1. The Kier molecular flexibility index (Phi) is 3.07. The molecule has 3 heteroatoms. The molecule has 0 saturated heterocycles. The summed E-state index contributed by atoms with van der Waals surface area (Å²) >= 11 is 1.77. The van der Waals surface area contributed by atoms with Crippen molar-refractivity contribution in [1.82, 2.24) is 9.38 Å². The number of rotatable bonds is 3. The van der Waals surface area contributed by atoms with Crippen LogP contribution < -0.4 is 0 Å². The van der Waals surface area contributed by atoms with Crippen molar-refractivity contribution in [2.45, 2.75) is 17.8 Å². The molecule has 0 aliphatic heterocycles. The van der Waals surface area contributed by atoms with Gasteiger partial charge in [-0.25, -0.2) is 4.98 Å². The lowest BCUT2D eigenvalue weighted by atomic mass is 10.2. The van der Waals surface area contributed by atoms with E-state index in [9.17, 15) is 0 Å². The van der Waals surface area contributed by atoms with Crippen LogP contribution in [0.5, 0.6) is 0 Å². The van der Waals surface area contributed by atoms with E-state index in [2.05, 4.69) is 52.8 Å². The van der Waals surface area contributed by atoms with Crippen LogP contribution in [0.25, 0.3) is 5.52 Å². The number of hydrogen-bond acceptors (Lipinski definition) is 2. The minimum absolute atomic E-state index is 0.953. The molecule has 2 heterocycles. The third-order valence-electron chi connectivity index (χ3n) is 2.89. The third kappa shape index (κ3) is 2.27. The Morgan fingerprint density at radius 3 is 2.78 bits per heavy atom. The second-order valence-corrected chi connectivity index (χ2v) is 5.25. The molecule has 0 saturated carbocycles. The van der Waals surface area contributed by atoms with E-state index in [0.29, 0.717) is 0 Å². The molecule has 90 valence electrons. The maximum absolute atomic E-state index is 4.45. The first-order valence-corrected chi connectivity index (χ1v) is 6.92. The maximum Gasteiger partial charge on any atom is 0.172 e. The molecule has 0 bridgehead atoms. The molecule has 2 aromatic heterocycles. The van der Waals surface area contributed by atoms with Crippen molar-refractivity contribution in [3.05, 3.63) is 66.0 Å². The Morgan fingerprint density at radius 2 is 1.94 bits per heavy atom. The fourth-order valence-electron chi connectivity index (χ4n) is 1.86. The predicted molar refractivity (Wildman–Crippen MR) is 75.9 cm³/mol. The normalized spacial score (nSPS) is 10.9. The number of aryl methyl sites for hydroxylation is 1. The van der Waals surface area contributed by atoms with Crippen LogP contribution in [0.2, 0.25) is 0 Å². The Labute approximate surface area is 111 Å². The van der Waals surface area contributed by atoms with E-state index < -0.39 is 0 Å². The molecule has 0 spiro atoms. The lowest BCUT2D eigenvalue weighted by molar-refractivity contribution is 0.957. The highest BCUT2D eigenvalue weighted by Gasteiger charge is 2.03. The van der Waals surface area contributed by atoms with E-state index in [1.165, 1.54) is 11.1 Å². The lowest BCUT2D eigenvalue weighted by Crippen LogP contribution is -1.87. The summed E-state index contributed by atoms with van der Waals surface area (Å²) in [6, 6.07) is 14.8. The van der Waals surface area contributed by atoms with Gasteiger partial charge in [-0.2, -0.15) is 0 Å². The maximum atomic E-state index is 4.45. The summed E-state index contributed by atoms with van der Waals surface area (Å²) in [4.78, 5) is 4.45. The highest BCUT2D eigenvalue weighted by molar-refractivity contribution is 7.98. The number of pyridine rings is 1. The Morgan fingerprint density at radius 1 is 1.11 bits per heavy atom. The third-order valence-corrected chi connectivity index (χ3v) is 3.93. The average Bonchev–Trinajstić information content (AvgIpc) is 2.82. The smallest absolute Gasteiger partial charge is 0.172 e. The van der Waals surface area contributed by atoms with Crippen LogP contribution in [0.15, 0.2) is 60.0 Å². The van der Waals surface area contributed by atoms with Crippen molar-refractivity contribution in [3.63, 3.8) is 0 Å². The van der Waals surface area contributed by atoms with Gasteiger partial charge in [0, 0.05) is 11.9 Å². The van der Waals surface area contributed by atoms with Crippen molar-refractivity contribution < 1.29 is 0 Å². The average molecular weight is 254 g/mol. The first-order chi connectivity index (χ1) is 8.83. The molecule has 0 aliphatic rings. The fourth-order valence-corrected chi connectivity index (χ4v) is 2.78. The quantitative estimate of drug-likeness (QED) is 0.659. The van der Waals surface area contributed by atoms with E-state index in [1.54, 1.807) is 11.8 Å². The number of imidazole rings is 1. The molecule has 0 N–H and O–H groups in total. The topological polar surface area (TPSA) is 17.3 Å². The molecule has 3 aromatic rings. The SMILES string of the molecule is Cc1ccc(CSc2ncc3ccccn23)cc1. The monoisotopic (exact) mass is 254 g/mol. The number of thioether (sulfide) groups is 1. The van der Waals surface area contributed by atoms with Crippen molar-refractivity contribution in [1.29, 1.82) is 0 Å². The molecule has 0 fully saturated rings. The van der Waals surface area contributed by atoms with Gasteiger partial charge in [0.15, 0.2) is 5.16 Å². The van der Waals surface area contributed by atoms with Gasteiger partial charge in [0.05, 0.1) is 11.7 Å². The molecular formula is C15H14N2S. The first kappa shape index (κ1) is 11.4. The zero-order valence-corrected chi connectivity index (χ0v) is 11.0. The second kappa shape index (κ2) is 4.86. The summed E-state index contributed by atoms with van der Waals surface area (Å²) in [6.45, 7) is 2.11. The molecule has 1 aromatic carbocycles. The summed E-state index contributed by atoms with van der Waals surface area (Å²) in [6.07, 6.45) is 3.97. The summed E-state index contributed by atoms with van der Waals surface area (Å²) in [7, 11) is 0. The molecule has 0 atom stereocenters. The zero-order valence-electron chi connectivity index (χ0n) is 10.2. The van der Waals surface area contributed by atoms with Gasteiger partial charge in [0.25, 0.3) is 0 Å². The fraction of sp³-hybridized carbons (Fsp3) is 0.133. The summed E-state index contributed by atoms with van der Waals surface area (Å²) < 4.78 is 2.12. The van der Waals surface area contributed by atoms with Gasteiger partial charge in [-0.3, -0.25) is 4.40 Å². The molecule has 0 aliphatic carbocycles. The number of nitrogens with zero attached hydrogens (tertiary/aromatic N) is 2. The second-order valence-electron chi connectivity index (χ2n) is 4.31. The van der Waals surface area contributed by atoms with Crippen LogP contribution in [0.4, 0.5) is 0 Å². The minimum Gasteiger partial charge on any atom is -0.295 e.